The maximum absolute atomic E-state index is 13.8. The number of rotatable bonds is 9. The first-order chi connectivity index (χ1) is 17.4. The van der Waals surface area contributed by atoms with E-state index in [1.54, 1.807) is 43.3 Å². The summed E-state index contributed by atoms with van der Waals surface area (Å²) in [5, 5.41) is 3.40. The molecule has 0 aliphatic rings. The van der Waals surface area contributed by atoms with E-state index in [1.807, 2.05) is 6.92 Å². The van der Waals surface area contributed by atoms with Gasteiger partial charge in [-0.05, 0) is 61.9 Å². The van der Waals surface area contributed by atoms with E-state index in [4.69, 9.17) is 34.8 Å². The van der Waals surface area contributed by atoms with Gasteiger partial charge in [-0.25, -0.2) is 8.42 Å². The molecular formula is C26H26Cl3N3O4S. The van der Waals surface area contributed by atoms with Crippen LogP contribution in [0, 0.1) is 6.92 Å². The number of nitrogens with zero attached hydrogens (tertiary/aromatic N) is 2. The fourth-order valence-corrected chi connectivity index (χ4v) is 5.80. The van der Waals surface area contributed by atoms with E-state index >= 15 is 0 Å². The Bertz CT molecular complexity index is 1380. The van der Waals surface area contributed by atoms with Gasteiger partial charge in [0, 0.05) is 28.7 Å². The van der Waals surface area contributed by atoms with Crippen molar-refractivity contribution in [1.29, 1.82) is 0 Å². The molecule has 1 N–H and O–H groups in total. The van der Waals surface area contributed by atoms with Crippen LogP contribution < -0.4 is 9.62 Å². The maximum atomic E-state index is 13.8. The van der Waals surface area contributed by atoms with Gasteiger partial charge in [0.1, 0.15) is 12.6 Å². The van der Waals surface area contributed by atoms with Crippen LogP contribution in [-0.2, 0) is 26.2 Å². The number of aryl methyl sites for hydroxylation is 1. The second kappa shape index (κ2) is 12.2. The minimum absolute atomic E-state index is 0.0114. The van der Waals surface area contributed by atoms with Gasteiger partial charge in [-0.2, -0.15) is 0 Å². The van der Waals surface area contributed by atoms with Crippen LogP contribution in [0.2, 0.25) is 15.1 Å². The summed E-state index contributed by atoms with van der Waals surface area (Å²) < 4.78 is 28.5. The average molecular weight is 583 g/mol. The molecule has 0 aliphatic carbocycles. The molecule has 196 valence electrons. The number of sulfonamides is 1. The number of hydrogen-bond donors (Lipinski definition) is 1. The van der Waals surface area contributed by atoms with Gasteiger partial charge < -0.3 is 10.2 Å². The van der Waals surface area contributed by atoms with Crippen molar-refractivity contribution < 1.29 is 18.0 Å². The van der Waals surface area contributed by atoms with Gasteiger partial charge in [0.05, 0.1) is 10.6 Å². The lowest BCUT2D eigenvalue weighted by molar-refractivity contribution is -0.139. The van der Waals surface area contributed by atoms with Crippen molar-refractivity contribution in [3.63, 3.8) is 0 Å². The zero-order chi connectivity index (χ0) is 27.3. The number of anilines is 1. The second-order valence-corrected chi connectivity index (χ2v) is 11.6. The predicted molar refractivity (Wildman–Crippen MR) is 148 cm³/mol. The number of amides is 2. The average Bonchev–Trinajstić information content (AvgIpc) is 2.84. The first kappa shape index (κ1) is 28.8. The Kier molecular flexibility index (Phi) is 9.47. The Morgan fingerprint density at radius 2 is 1.54 bits per heavy atom. The molecule has 0 aliphatic heterocycles. The smallest absolute Gasteiger partial charge is 0.264 e. The molecule has 0 heterocycles. The number of halogens is 3. The van der Waals surface area contributed by atoms with E-state index in [-0.39, 0.29) is 27.2 Å². The third-order valence-corrected chi connectivity index (χ3v) is 8.14. The molecule has 0 fully saturated rings. The van der Waals surface area contributed by atoms with E-state index in [2.05, 4.69) is 5.32 Å². The van der Waals surface area contributed by atoms with Gasteiger partial charge in [-0.15, -0.1) is 0 Å². The highest BCUT2D eigenvalue weighted by atomic mass is 35.5. The highest BCUT2D eigenvalue weighted by Gasteiger charge is 2.32. The third-order valence-electron chi connectivity index (χ3n) is 5.68. The van der Waals surface area contributed by atoms with Gasteiger partial charge in [-0.1, -0.05) is 64.6 Å². The summed E-state index contributed by atoms with van der Waals surface area (Å²) in [6, 6.07) is 16.5. The molecule has 0 unspecified atom stereocenters. The molecule has 0 spiro atoms. The zero-order valence-electron chi connectivity index (χ0n) is 20.4. The first-order valence-electron chi connectivity index (χ1n) is 11.2. The van der Waals surface area contributed by atoms with Crippen molar-refractivity contribution in [3.8, 4) is 0 Å². The fraction of sp³-hybridized carbons (Fsp3) is 0.231. The molecule has 37 heavy (non-hydrogen) atoms. The molecule has 0 aromatic heterocycles. The molecule has 2 amide bonds. The summed E-state index contributed by atoms with van der Waals surface area (Å²) in [6.07, 6.45) is 0. The SMILES string of the molecule is CNC(=O)[C@@H](C)N(Cc1cccc(Cl)c1)C(=O)CN(c1cc(Cl)cc(Cl)c1)S(=O)(=O)c1ccc(C)cc1. The van der Waals surface area contributed by atoms with E-state index < -0.39 is 34.4 Å². The lowest BCUT2D eigenvalue weighted by Crippen LogP contribution is -2.50. The lowest BCUT2D eigenvalue weighted by Gasteiger charge is -2.32. The maximum Gasteiger partial charge on any atom is 0.264 e. The molecule has 3 aromatic rings. The third kappa shape index (κ3) is 7.17. The quantitative estimate of drug-likeness (QED) is 0.370. The Morgan fingerprint density at radius 1 is 0.919 bits per heavy atom. The van der Waals surface area contributed by atoms with Crippen LogP contribution >= 0.6 is 34.8 Å². The number of benzene rings is 3. The lowest BCUT2D eigenvalue weighted by atomic mass is 10.1. The Labute approximate surface area is 232 Å². The van der Waals surface area contributed by atoms with Crippen LogP contribution in [0.15, 0.2) is 71.6 Å². The fourth-order valence-electron chi connectivity index (χ4n) is 3.67. The molecular weight excluding hydrogens is 557 g/mol. The molecule has 0 saturated carbocycles. The number of hydrogen-bond acceptors (Lipinski definition) is 4. The van der Waals surface area contributed by atoms with E-state index in [0.29, 0.717) is 10.6 Å². The highest BCUT2D eigenvalue weighted by molar-refractivity contribution is 7.92. The van der Waals surface area contributed by atoms with Crippen LogP contribution in [0.4, 0.5) is 5.69 Å². The van der Waals surface area contributed by atoms with Crippen molar-refractivity contribution >= 4 is 62.3 Å². The topological polar surface area (TPSA) is 86.8 Å². The number of likely N-dealkylation sites (N-methyl/N-ethyl adjacent to an activating group) is 1. The largest absolute Gasteiger partial charge is 0.357 e. The van der Waals surface area contributed by atoms with Gasteiger partial charge in [-0.3, -0.25) is 13.9 Å². The van der Waals surface area contributed by atoms with Gasteiger partial charge >= 0.3 is 0 Å². The van der Waals surface area contributed by atoms with E-state index in [9.17, 15) is 18.0 Å². The minimum atomic E-state index is -4.22. The Hall–Kier alpha value is -2.78. The van der Waals surface area contributed by atoms with Crippen LogP contribution in [0.25, 0.3) is 0 Å². The number of nitrogens with one attached hydrogen (secondary N) is 1. The van der Waals surface area contributed by atoms with E-state index in [1.165, 1.54) is 42.3 Å². The summed E-state index contributed by atoms with van der Waals surface area (Å²) in [5.74, 6) is -1.02. The molecule has 3 rings (SSSR count). The van der Waals surface area contributed by atoms with Crippen LogP contribution in [-0.4, -0.2) is 44.8 Å². The number of carbonyl (C=O) groups excluding carboxylic acids is 2. The van der Waals surface area contributed by atoms with Crippen molar-refractivity contribution in [3.05, 3.63) is 92.9 Å². The standard InChI is InChI=1S/C26H26Cl3N3O4S/c1-17-7-9-24(10-8-17)37(35,36)32(23-13-21(28)12-22(29)14-23)16-25(33)31(18(2)26(34)30-3)15-19-5-4-6-20(27)11-19/h4-14,18H,15-16H2,1-3H3,(H,30,34)/t18-/m1/s1. The normalized spacial score (nSPS) is 12.1. The molecule has 3 aromatic carbocycles. The summed E-state index contributed by atoms with van der Waals surface area (Å²) in [6.45, 7) is 2.83. The van der Waals surface area contributed by atoms with Crippen molar-refractivity contribution in [2.75, 3.05) is 17.9 Å². The minimum Gasteiger partial charge on any atom is -0.357 e. The monoisotopic (exact) mass is 581 g/mol. The summed E-state index contributed by atoms with van der Waals surface area (Å²) in [7, 11) is -2.76. The summed E-state index contributed by atoms with van der Waals surface area (Å²) in [5.41, 5.74) is 1.66. The highest BCUT2D eigenvalue weighted by Crippen LogP contribution is 2.30. The van der Waals surface area contributed by atoms with Crippen LogP contribution in [0.3, 0.4) is 0 Å². The Balaban J connectivity index is 2.07. The molecule has 7 nitrogen and oxygen atoms in total. The molecule has 0 bridgehead atoms. The van der Waals surface area contributed by atoms with Gasteiger partial charge in [0.2, 0.25) is 11.8 Å². The zero-order valence-corrected chi connectivity index (χ0v) is 23.5. The molecule has 0 saturated heterocycles. The van der Waals surface area contributed by atoms with Crippen LogP contribution in [0.1, 0.15) is 18.1 Å². The van der Waals surface area contributed by atoms with Crippen LogP contribution in [0.5, 0.6) is 0 Å². The van der Waals surface area contributed by atoms with Crippen molar-refractivity contribution in [1.82, 2.24) is 10.2 Å². The molecule has 11 heteroatoms. The molecule has 0 radical (unpaired) electrons. The predicted octanol–water partition coefficient (Wildman–Crippen LogP) is 5.31. The van der Waals surface area contributed by atoms with Gasteiger partial charge in [0.15, 0.2) is 0 Å². The van der Waals surface area contributed by atoms with Gasteiger partial charge in [0.25, 0.3) is 10.0 Å². The molecule has 1 atom stereocenters. The summed E-state index contributed by atoms with van der Waals surface area (Å²) in [4.78, 5) is 27.5. The van der Waals surface area contributed by atoms with Crippen molar-refractivity contribution in [2.24, 2.45) is 0 Å². The summed E-state index contributed by atoms with van der Waals surface area (Å²) >= 11 is 18.5. The second-order valence-electron chi connectivity index (χ2n) is 8.39. The Morgan fingerprint density at radius 3 is 2.11 bits per heavy atom. The van der Waals surface area contributed by atoms with E-state index in [0.717, 1.165) is 9.87 Å². The first-order valence-corrected chi connectivity index (χ1v) is 13.8. The number of carbonyl (C=O) groups is 2. The van der Waals surface area contributed by atoms with Crippen molar-refractivity contribution in [2.45, 2.75) is 31.3 Å².